The summed E-state index contributed by atoms with van der Waals surface area (Å²) >= 11 is 0.923. The predicted molar refractivity (Wildman–Crippen MR) is 42.4 cm³/mol. The second kappa shape index (κ2) is 3.52. The highest BCUT2D eigenvalue weighted by atomic mass is 32.1. The summed E-state index contributed by atoms with van der Waals surface area (Å²) in [5, 5.41) is 4.31. The number of aryl methyl sites for hydroxylation is 2. The Morgan fingerprint density at radius 3 is 2.50 bits per heavy atom. The lowest BCUT2D eigenvalue weighted by Crippen LogP contribution is -2.24. The fourth-order valence-electron chi connectivity index (χ4n) is 0.718. The molecule has 1 amide bonds. The van der Waals surface area contributed by atoms with E-state index in [1.165, 1.54) is 7.05 Å². The topological polar surface area (TPSA) is 47.2 Å². The molecule has 0 saturated carbocycles. The minimum atomic E-state index is -4.93. The smallest absolute Gasteiger partial charge is 0.262 e. The Morgan fingerprint density at radius 2 is 2.14 bits per heavy atom. The predicted octanol–water partition coefficient (Wildman–Crippen LogP) is 0.780. The quantitative estimate of drug-likeness (QED) is 0.655. The number of hydrogen-bond donors (Lipinski definition) is 0. The fraction of sp³-hybridized carbons (Fsp3) is 0.500. The van der Waals surface area contributed by atoms with Crippen molar-refractivity contribution >= 4 is 17.2 Å². The van der Waals surface area contributed by atoms with Crippen molar-refractivity contribution in [3.05, 3.63) is 9.81 Å². The average molecular weight is 225 g/mol. The number of nitrogens with zero attached hydrogens (tertiary/aromatic N) is 3. The largest absolute Gasteiger partial charge is 0.473 e. The number of aromatic nitrogens is 2. The third-order valence-corrected chi connectivity index (χ3v) is 2.16. The van der Waals surface area contributed by atoms with Gasteiger partial charge in [0.05, 0.1) is 0 Å². The molecule has 0 atom stereocenters. The molecule has 0 bridgehead atoms. The maximum absolute atomic E-state index is 11.8. The van der Waals surface area contributed by atoms with Crippen LogP contribution in [0.1, 0.15) is 5.01 Å². The molecular weight excluding hydrogens is 219 g/mol. The molecule has 0 aromatic carbocycles. The van der Waals surface area contributed by atoms with Gasteiger partial charge in [-0.1, -0.05) is 11.3 Å². The Bertz CT molecular complexity index is 417. The van der Waals surface area contributed by atoms with Crippen molar-refractivity contribution in [2.45, 2.75) is 13.1 Å². The average Bonchev–Trinajstić information content (AvgIpc) is 2.28. The van der Waals surface area contributed by atoms with E-state index in [0.717, 1.165) is 16.0 Å². The van der Waals surface area contributed by atoms with Crippen molar-refractivity contribution < 1.29 is 18.0 Å². The molecule has 4 nitrogen and oxygen atoms in total. The monoisotopic (exact) mass is 225 g/mol. The Kier molecular flexibility index (Phi) is 2.74. The van der Waals surface area contributed by atoms with Crippen molar-refractivity contribution in [1.82, 2.24) is 9.78 Å². The van der Waals surface area contributed by atoms with Crippen LogP contribution in [-0.2, 0) is 11.8 Å². The molecule has 1 heterocycles. The van der Waals surface area contributed by atoms with Crippen LogP contribution in [0.2, 0.25) is 0 Å². The molecule has 0 aliphatic rings. The number of carbonyl (C=O) groups excluding carboxylic acids is 1. The Hall–Kier alpha value is -1.18. The molecule has 0 aliphatic carbocycles. The van der Waals surface area contributed by atoms with E-state index in [1.807, 2.05) is 0 Å². The molecule has 1 aromatic heterocycles. The van der Waals surface area contributed by atoms with Gasteiger partial charge in [-0.25, -0.2) is 4.68 Å². The Morgan fingerprint density at radius 1 is 1.57 bits per heavy atom. The van der Waals surface area contributed by atoms with Crippen LogP contribution in [0.5, 0.6) is 0 Å². The van der Waals surface area contributed by atoms with Crippen molar-refractivity contribution in [3.63, 3.8) is 0 Å². The number of alkyl halides is 3. The molecular formula is C6H6F3N3OS. The van der Waals surface area contributed by atoms with E-state index < -0.39 is 12.1 Å². The molecule has 0 saturated heterocycles. The highest BCUT2D eigenvalue weighted by Gasteiger charge is 2.38. The van der Waals surface area contributed by atoms with Crippen molar-refractivity contribution in [3.8, 4) is 0 Å². The SMILES string of the molecule is Cc1nn(C)c(=NC(=O)C(F)(F)F)s1. The summed E-state index contributed by atoms with van der Waals surface area (Å²) in [6.07, 6.45) is -4.93. The third kappa shape index (κ3) is 2.41. The van der Waals surface area contributed by atoms with Crippen LogP contribution in [0.3, 0.4) is 0 Å². The summed E-state index contributed by atoms with van der Waals surface area (Å²) in [7, 11) is 1.42. The van der Waals surface area contributed by atoms with Crippen LogP contribution in [0.15, 0.2) is 4.99 Å². The minimum absolute atomic E-state index is 0.0650. The summed E-state index contributed by atoms with van der Waals surface area (Å²) in [6, 6.07) is 0. The van der Waals surface area contributed by atoms with Gasteiger partial charge in [0, 0.05) is 7.05 Å². The highest BCUT2D eigenvalue weighted by molar-refractivity contribution is 7.08. The van der Waals surface area contributed by atoms with Crippen LogP contribution in [-0.4, -0.2) is 21.9 Å². The van der Waals surface area contributed by atoms with Crippen LogP contribution >= 0.6 is 11.3 Å². The normalized spacial score (nSPS) is 13.4. The second-order valence-electron chi connectivity index (χ2n) is 2.44. The van der Waals surface area contributed by atoms with E-state index in [4.69, 9.17) is 0 Å². The Labute approximate surface area is 80.7 Å². The van der Waals surface area contributed by atoms with Gasteiger partial charge < -0.3 is 0 Å². The van der Waals surface area contributed by atoms with Crippen LogP contribution in [0, 0.1) is 6.92 Å². The van der Waals surface area contributed by atoms with Crippen LogP contribution in [0.4, 0.5) is 13.2 Å². The highest BCUT2D eigenvalue weighted by Crippen LogP contribution is 2.15. The zero-order valence-corrected chi connectivity index (χ0v) is 8.11. The van der Waals surface area contributed by atoms with Crippen molar-refractivity contribution in [2.24, 2.45) is 12.0 Å². The lowest BCUT2D eigenvalue weighted by atomic mass is 10.6. The molecule has 14 heavy (non-hydrogen) atoms. The molecule has 0 aliphatic heterocycles. The van der Waals surface area contributed by atoms with Gasteiger partial charge in [-0.05, 0) is 6.92 Å². The zero-order chi connectivity index (χ0) is 10.9. The molecule has 78 valence electrons. The maximum Gasteiger partial charge on any atom is 0.473 e. The van der Waals surface area contributed by atoms with Gasteiger partial charge in [0.2, 0.25) is 4.80 Å². The van der Waals surface area contributed by atoms with Crippen molar-refractivity contribution in [2.75, 3.05) is 0 Å². The number of hydrogen-bond acceptors (Lipinski definition) is 3. The van der Waals surface area contributed by atoms with Crippen LogP contribution in [0.25, 0.3) is 0 Å². The van der Waals surface area contributed by atoms with Gasteiger partial charge >= 0.3 is 12.1 Å². The summed E-state index contributed by atoms with van der Waals surface area (Å²) in [4.78, 5) is 13.3. The van der Waals surface area contributed by atoms with E-state index >= 15 is 0 Å². The first-order valence-corrected chi connectivity index (χ1v) is 4.29. The molecule has 0 radical (unpaired) electrons. The van der Waals surface area contributed by atoms with Gasteiger partial charge in [-0.15, -0.1) is 0 Å². The number of halogens is 3. The molecule has 0 fully saturated rings. The van der Waals surface area contributed by atoms with E-state index in [2.05, 4.69) is 10.1 Å². The molecule has 0 N–H and O–H groups in total. The van der Waals surface area contributed by atoms with Gasteiger partial charge in [0.1, 0.15) is 5.01 Å². The lowest BCUT2D eigenvalue weighted by Gasteiger charge is -1.97. The number of carbonyl (C=O) groups is 1. The maximum atomic E-state index is 11.8. The van der Waals surface area contributed by atoms with Gasteiger partial charge in [-0.2, -0.15) is 23.3 Å². The summed E-state index contributed by atoms with van der Waals surface area (Å²) in [6.45, 7) is 1.61. The van der Waals surface area contributed by atoms with Gasteiger partial charge in [0.15, 0.2) is 0 Å². The lowest BCUT2D eigenvalue weighted by molar-refractivity contribution is -0.169. The molecule has 1 aromatic rings. The van der Waals surface area contributed by atoms with Gasteiger partial charge in [0.25, 0.3) is 0 Å². The molecule has 8 heteroatoms. The standard InChI is InChI=1S/C6H6F3N3OS/c1-3-11-12(2)5(14-3)10-4(13)6(7,8)9/h1-2H3. The third-order valence-electron chi connectivity index (χ3n) is 1.25. The second-order valence-corrected chi connectivity index (χ2v) is 3.60. The number of amides is 1. The first-order valence-electron chi connectivity index (χ1n) is 3.47. The van der Waals surface area contributed by atoms with Crippen LogP contribution < -0.4 is 4.80 Å². The number of rotatable bonds is 0. The van der Waals surface area contributed by atoms with E-state index in [0.29, 0.717) is 5.01 Å². The van der Waals surface area contributed by atoms with E-state index in [-0.39, 0.29) is 4.80 Å². The zero-order valence-electron chi connectivity index (χ0n) is 7.29. The van der Waals surface area contributed by atoms with E-state index in [9.17, 15) is 18.0 Å². The first-order chi connectivity index (χ1) is 6.30. The minimum Gasteiger partial charge on any atom is -0.262 e. The summed E-state index contributed by atoms with van der Waals surface area (Å²) < 4.78 is 36.5. The summed E-state index contributed by atoms with van der Waals surface area (Å²) in [5.74, 6) is -2.11. The fourth-order valence-corrected chi connectivity index (χ4v) is 1.45. The van der Waals surface area contributed by atoms with Crippen molar-refractivity contribution in [1.29, 1.82) is 0 Å². The Balaban J connectivity index is 3.12. The summed E-state index contributed by atoms with van der Waals surface area (Å²) in [5.41, 5.74) is 0. The first kappa shape index (κ1) is 10.9. The molecule has 1 rings (SSSR count). The molecule has 0 unspecified atom stereocenters. The van der Waals surface area contributed by atoms with Gasteiger partial charge in [-0.3, -0.25) is 4.79 Å². The van der Waals surface area contributed by atoms with E-state index in [1.54, 1.807) is 6.92 Å². The molecule has 0 spiro atoms.